The highest BCUT2D eigenvalue weighted by Crippen LogP contribution is 2.22. The molecule has 0 unspecified atom stereocenters. The molecule has 9 heteroatoms. The van der Waals surface area contributed by atoms with Crippen LogP contribution in [0.15, 0.2) is 27.6 Å². The molecule has 0 saturated carbocycles. The fraction of sp³-hybridized carbons (Fsp3) is 0.385. The summed E-state index contributed by atoms with van der Waals surface area (Å²) in [6.45, 7) is 3.45. The summed E-state index contributed by atoms with van der Waals surface area (Å²) in [5.74, 6) is -1.50. The molecule has 0 aliphatic carbocycles. The quantitative estimate of drug-likeness (QED) is 0.672. The summed E-state index contributed by atoms with van der Waals surface area (Å²) in [5, 5.41) is 0. The van der Waals surface area contributed by atoms with Crippen LogP contribution in [0.3, 0.4) is 0 Å². The Morgan fingerprint density at radius 2 is 2.00 bits per heavy atom. The van der Waals surface area contributed by atoms with Crippen molar-refractivity contribution in [3.8, 4) is 0 Å². The fourth-order valence-electron chi connectivity index (χ4n) is 1.40. The highest BCUT2D eigenvalue weighted by atomic mass is 79.9. The third-order valence-electron chi connectivity index (χ3n) is 2.50. The van der Waals surface area contributed by atoms with E-state index in [1.54, 1.807) is 0 Å². The molecule has 3 N–H and O–H groups in total. The summed E-state index contributed by atoms with van der Waals surface area (Å²) in [4.78, 5) is 22.4. The van der Waals surface area contributed by atoms with Crippen molar-refractivity contribution in [2.24, 2.45) is 11.7 Å². The number of nitrogens with one attached hydrogen (secondary N) is 1. The molecule has 1 rings (SSSR count). The highest BCUT2D eigenvalue weighted by Gasteiger charge is 2.19. The largest absolute Gasteiger partial charge is 0.452 e. The van der Waals surface area contributed by atoms with E-state index in [1.807, 2.05) is 13.8 Å². The lowest BCUT2D eigenvalue weighted by atomic mass is 10.2. The first-order valence-corrected chi connectivity index (χ1v) is 8.65. The van der Waals surface area contributed by atoms with E-state index in [0.29, 0.717) is 4.47 Å². The topological polar surface area (TPSA) is 116 Å². The zero-order valence-electron chi connectivity index (χ0n) is 12.1. The molecule has 0 spiro atoms. The Labute approximate surface area is 137 Å². The van der Waals surface area contributed by atoms with Gasteiger partial charge in [0.2, 0.25) is 10.0 Å². The molecule has 0 heterocycles. The van der Waals surface area contributed by atoms with E-state index >= 15 is 0 Å². The number of hydrogen-bond donors (Lipinski definition) is 2. The van der Waals surface area contributed by atoms with Crippen molar-refractivity contribution in [1.82, 2.24) is 4.72 Å². The van der Waals surface area contributed by atoms with Gasteiger partial charge in [-0.05, 0) is 40.0 Å². The molecule has 22 heavy (non-hydrogen) atoms. The summed E-state index contributed by atoms with van der Waals surface area (Å²) in [7, 11) is -3.73. The summed E-state index contributed by atoms with van der Waals surface area (Å²) in [6, 6.07) is 3.96. The minimum atomic E-state index is -3.73. The zero-order valence-corrected chi connectivity index (χ0v) is 14.5. The Morgan fingerprint density at radius 3 is 2.55 bits per heavy atom. The molecule has 0 radical (unpaired) electrons. The lowest BCUT2D eigenvalue weighted by Gasteiger charge is -2.11. The average Bonchev–Trinajstić information content (AvgIpc) is 2.43. The van der Waals surface area contributed by atoms with E-state index in [9.17, 15) is 18.0 Å². The predicted molar refractivity (Wildman–Crippen MR) is 83.6 cm³/mol. The van der Waals surface area contributed by atoms with Gasteiger partial charge in [0, 0.05) is 11.0 Å². The maximum absolute atomic E-state index is 12.1. The molecule has 0 bridgehead atoms. The third-order valence-corrected chi connectivity index (χ3v) is 4.61. The Morgan fingerprint density at radius 1 is 1.36 bits per heavy atom. The van der Waals surface area contributed by atoms with E-state index in [-0.39, 0.29) is 22.9 Å². The number of hydrogen-bond acceptors (Lipinski definition) is 5. The van der Waals surface area contributed by atoms with Crippen molar-refractivity contribution in [2.75, 3.05) is 13.2 Å². The van der Waals surface area contributed by atoms with Crippen LogP contribution in [0.25, 0.3) is 0 Å². The molecule has 0 fully saturated rings. The van der Waals surface area contributed by atoms with E-state index < -0.39 is 28.5 Å². The predicted octanol–water partition coefficient (Wildman–Crippen LogP) is 1.03. The SMILES string of the molecule is CC(C)CNS(=O)(=O)c1ccc(Br)c(C(=O)OCC(N)=O)c1. The number of ether oxygens (including phenoxy) is 1. The second kappa shape index (κ2) is 7.70. The Bertz CT molecular complexity index is 673. The summed E-state index contributed by atoms with van der Waals surface area (Å²) < 4.78 is 31.7. The standard InChI is InChI=1S/C13H17BrN2O5S/c1-8(2)6-16-22(19,20)9-3-4-11(14)10(5-9)13(18)21-7-12(15)17/h3-5,8,16H,6-7H2,1-2H3,(H2,15,17). The van der Waals surface area contributed by atoms with Crippen LogP contribution in [0.1, 0.15) is 24.2 Å². The van der Waals surface area contributed by atoms with Gasteiger partial charge in [-0.25, -0.2) is 17.9 Å². The van der Waals surface area contributed by atoms with Crippen molar-refractivity contribution in [2.45, 2.75) is 18.7 Å². The Hall–Kier alpha value is -1.45. The van der Waals surface area contributed by atoms with Gasteiger partial charge in [0.15, 0.2) is 6.61 Å². The molecular weight excluding hydrogens is 376 g/mol. The molecular formula is C13H17BrN2O5S. The zero-order chi connectivity index (χ0) is 16.9. The second-order valence-corrected chi connectivity index (χ2v) is 7.55. The van der Waals surface area contributed by atoms with Gasteiger partial charge in [0.25, 0.3) is 5.91 Å². The summed E-state index contributed by atoms with van der Waals surface area (Å²) in [6.07, 6.45) is 0. The Balaban J connectivity index is 3.03. The summed E-state index contributed by atoms with van der Waals surface area (Å²) >= 11 is 3.13. The van der Waals surface area contributed by atoms with Gasteiger partial charge in [-0.1, -0.05) is 13.8 Å². The Kier molecular flexibility index (Phi) is 6.51. The lowest BCUT2D eigenvalue weighted by Crippen LogP contribution is -2.28. The smallest absolute Gasteiger partial charge is 0.339 e. The molecule has 1 aromatic carbocycles. The van der Waals surface area contributed by atoms with Gasteiger partial charge >= 0.3 is 5.97 Å². The molecule has 0 aliphatic heterocycles. The average molecular weight is 393 g/mol. The molecule has 1 amide bonds. The van der Waals surface area contributed by atoms with Crippen molar-refractivity contribution in [3.63, 3.8) is 0 Å². The number of carbonyl (C=O) groups is 2. The first kappa shape index (κ1) is 18.6. The van der Waals surface area contributed by atoms with Crippen LogP contribution >= 0.6 is 15.9 Å². The molecule has 122 valence electrons. The minimum absolute atomic E-state index is 0.00586. The normalized spacial score (nSPS) is 11.5. The molecule has 0 aliphatic rings. The number of halogens is 1. The number of benzene rings is 1. The van der Waals surface area contributed by atoms with Gasteiger partial charge in [-0.2, -0.15) is 0 Å². The molecule has 0 saturated heterocycles. The van der Waals surface area contributed by atoms with Gasteiger partial charge in [-0.15, -0.1) is 0 Å². The van der Waals surface area contributed by atoms with Crippen LogP contribution < -0.4 is 10.5 Å². The number of esters is 1. The first-order chi connectivity index (χ1) is 10.1. The maximum Gasteiger partial charge on any atom is 0.339 e. The van der Waals surface area contributed by atoms with Gasteiger partial charge in [0.05, 0.1) is 10.5 Å². The number of carbonyl (C=O) groups excluding carboxylic acids is 2. The molecule has 1 aromatic rings. The van der Waals surface area contributed by atoms with Crippen molar-refractivity contribution in [1.29, 1.82) is 0 Å². The molecule has 7 nitrogen and oxygen atoms in total. The first-order valence-electron chi connectivity index (χ1n) is 6.38. The van der Waals surface area contributed by atoms with E-state index in [0.717, 1.165) is 0 Å². The molecule has 0 aromatic heterocycles. The van der Waals surface area contributed by atoms with E-state index in [4.69, 9.17) is 5.73 Å². The van der Waals surface area contributed by atoms with Crippen molar-refractivity contribution < 1.29 is 22.7 Å². The fourth-order valence-corrected chi connectivity index (χ4v) is 3.05. The number of primary amides is 1. The van der Waals surface area contributed by atoms with Crippen LogP contribution in [0.2, 0.25) is 0 Å². The van der Waals surface area contributed by atoms with Gasteiger partial charge < -0.3 is 10.5 Å². The van der Waals surface area contributed by atoms with Gasteiger partial charge in [0.1, 0.15) is 0 Å². The number of nitrogens with two attached hydrogens (primary N) is 1. The number of amides is 1. The number of sulfonamides is 1. The van der Waals surface area contributed by atoms with E-state index in [1.165, 1.54) is 18.2 Å². The molecule has 0 atom stereocenters. The second-order valence-electron chi connectivity index (χ2n) is 4.93. The van der Waals surface area contributed by atoms with Crippen molar-refractivity contribution >= 4 is 37.8 Å². The van der Waals surface area contributed by atoms with Crippen LogP contribution in [0.5, 0.6) is 0 Å². The van der Waals surface area contributed by atoms with Gasteiger partial charge in [-0.3, -0.25) is 4.79 Å². The number of rotatable bonds is 7. The monoisotopic (exact) mass is 392 g/mol. The highest BCUT2D eigenvalue weighted by molar-refractivity contribution is 9.10. The minimum Gasteiger partial charge on any atom is -0.452 e. The summed E-state index contributed by atoms with van der Waals surface area (Å²) in [5.41, 5.74) is 4.88. The maximum atomic E-state index is 12.1. The van der Waals surface area contributed by atoms with Crippen LogP contribution in [0, 0.1) is 5.92 Å². The van der Waals surface area contributed by atoms with Crippen LogP contribution in [-0.4, -0.2) is 33.4 Å². The third kappa shape index (κ3) is 5.39. The van der Waals surface area contributed by atoms with Crippen molar-refractivity contribution in [3.05, 3.63) is 28.2 Å². The van der Waals surface area contributed by atoms with E-state index in [2.05, 4.69) is 25.4 Å². The lowest BCUT2D eigenvalue weighted by molar-refractivity contribution is -0.121. The van der Waals surface area contributed by atoms with Crippen LogP contribution in [0.4, 0.5) is 0 Å². The van der Waals surface area contributed by atoms with Crippen LogP contribution in [-0.2, 0) is 19.6 Å².